The van der Waals surface area contributed by atoms with E-state index in [4.69, 9.17) is 14.0 Å². The Labute approximate surface area is 121 Å². The first-order chi connectivity index (χ1) is 9.64. The van der Waals surface area contributed by atoms with E-state index >= 15 is 0 Å². The Morgan fingerprint density at radius 2 is 1.85 bits per heavy atom. The van der Waals surface area contributed by atoms with Crippen molar-refractivity contribution in [3.63, 3.8) is 0 Å². The van der Waals surface area contributed by atoms with E-state index in [1.165, 1.54) is 5.56 Å². The van der Waals surface area contributed by atoms with Gasteiger partial charge in [0.1, 0.15) is 0 Å². The molecule has 0 aliphatic carbocycles. The van der Waals surface area contributed by atoms with Crippen LogP contribution in [0, 0.1) is 5.41 Å². The van der Waals surface area contributed by atoms with Crippen LogP contribution >= 0.6 is 0 Å². The molecule has 4 nitrogen and oxygen atoms in total. The highest BCUT2D eigenvalue weighted by atomic mass is 16.6. The predicted octanol–water partition coefficient (Wildman–Crippen LogP) is 1.74. The lowest BCUT2D eigenvalue weighted by Gasteiger charge is -2.32. The third-order valence-electron chi connectivity index (χ3n) is 3.99. The minimum Gasteiger partial charge on any atom is -0.406 e. The Balaban J connectivity index is 1.64. The molecule has 0 radical (unpaired) electrons. The zero-order chi connectivity index (χ0) is 14.0. The number of hydrogen-bond donors (Lipinski definition) is 0. The van der Waals surface area contributed by atoms with Crippen molar-refractivity contribution < 1.29 is 14.0 Å². The molecule has 0 unspecified atom stereocenters. The highest BCUT2D eigenvalue weighted by Gasteiger charge is 2.34. The van der Waals surface area contributed by atoms with Gasteiger partial charge in [-0.2, -0.15) is 0 Å². The van der Waals surface area contributed by atoms with Crippen molar-refractivity contribution in [3.05, 3.63) is 23.9 Å². The second-order valence-electron chi connectivity index (χ2n) is 6.52. The van der Waals surface area contributed by atoms with E-state index in [9.17, 15) is 0 Å². The summed E-state index contributed by atoms with van der Waals surface area (Å²) in [5, 5.41) is 0. The third kappa shape index (κ3) is 3.22. The monoisotopic (exact) mass is 275 g/mol. The van der Waals surface area contributed by atoms with Crippen molar-refractivity contribution in [2.75, 3.05) is 26.4 Å². The fourth-order valence-electron chi connectivity index (χ4n) is 2.69. The molecule has 0 aromatic carbocycles. The number of aromatic nitrogens is 1. The molecule has 108 valence electrons. The number of hydrogen-bond acceptors (Lipinski definition) is 4. The van der Waals surface area contributed by atoms with Gasteiger partial charge < -0.3 is 14.0 Å². The SMILES string of the molecule is CC1(C)COB(c2ccc(C3CCOCC3)cn2)OC1. The summed E-state index contributed by atoms with van der Waals surface area (Å²) < 4.78 is 16.9. The van der Waals surface area contributed by atoms with Crippen LogP contribution in [0.15, 0.2) is 18.3 Å². The van der Waals surface area contributed by atoms with Crippen LogP contribution in [0.2, 0.25) is 0 Å². The van der Waals surface area contributed by atoms with Crippen molar-refractivity contribution in [3.8, 4) is 0 Å². The maximum absolute atomic E-state index is 5.76. The van der Waals surface area contributed by atoms with Crippen molar-refractivity contribution in [2.45, 2.75) is 32.6 Å². The summed E-state index contributed by atoms with van der Waals surface area (Å²) in [4.78, 5) is 4.53. The van der Waals surface area contributed by atoms with Crippen LogP contribution in [-0.2, 0) is 14.0 Å². The van der Waals surface area contributed by atoms with E-state index in [0.29, 0.717) is 19.1 Å². The van der Waals surface area contributed by atoms with Crippen molar-refractivity contribution in [1.82, 2.24) is 4.98 Å². The maximum Gasteiger partial charge on any atom is 0.513 e. The van der Waals surface area contributed by atoms with Crippen LogP contribution < -0.4 is 5.59 Å². The van der Waals surface area contributed by atoms with Crippen LogP contribution in [0.4, 0.5) is 0 Å². The molecule has 3 heterocycles. The van der Waals surface area contributed by atoms with Gasteiger partial charge in [0.15, 0.2) is 0 Å². The quantitative estimate of drug-likeness (QED) is 0.771. The molecule has 0 atom stereocenters. The molecule has 2 saturated heterocycles. The summed E-state index contributed by atoms with van der Waals surface area (Å²) in [5.41, 5.74) is 2.27. The Bertz CT molecular complexity index is 433. The molecule has 5 heteroatoms. The average molecular weight is 275 g/mol. The summed E-state index contributed by atoms with van der Waals surface area (Å²) in [6.07, 6.45) is 4.15. The standard InChI is InChI=1S/C15H22BNO3/c1-15(2)10-19-16(20-11-15)14-4-3-13(9-17-14)12-5-7-18-8-6-12/h3-4,9,12H,5-8,10-11H2,1-2H3. The first-order valence-corrected chi connectivity index (χ1v) is 7.41. The number of pyridine rings is 1. The lowest BCUT2D eigenvalue weighted by atomic mass is 9.79. The highest BCUT2D eigenvalue weighted by molar-refractivity contribution is 6.60. The first kappa shape index (κ1) is 14.0. The molecule has 0 bridgehead atoms. The van der Waals surface area contributed by atoms with Gasteiger partial charge >= 0.3 is 7.12 Å². The summed E-state index contributed by atoms with van der Waals surface area (Å²) >= 11 is 0. The summed E-state index contributed by atoms with van der Waals surface area (Å²) in [5.74, 6) is 0.581. The van der Waals surface area contributed by atoms with E-state index in [1.807, 2.05) is 12.3 Å². The molecule has 2 aliphatic heterocycles. The van der Waals surface area contributed by atoms with Gasteiger partial charge in [-0.15, -0.1) is 0 Å². The van der Waals surface area contributed by atoms with Crippen LogP contribution in [0.1, 0.15) is 38.2 Å². The van der Waals surface area contributed by atoms with Crippen molar-refractivity contribution in [2.24, 2.45) is 5.41 Å². The fourth-order valence-corrected chi connectivity index (χ4v) is 2.69. The molecule has 0 saturated carbocycles. The van der Waals surface area contributed by atoms with Crippen LogP contribution in [-0.4, -0.2) is 38.5 Å². The number of nitrogens with zero attached hydrogens (tertiary/aromatic N) is 1. The van der Waals surface area contributed by atoms with Gasteiger partial charge in [0.25, 0.3) is 0 Å². The average Bonchev–Trinajstić information content (AvgIpc) is 2.48. The zero-order valence-corrected chi connectivity index (χ0v) is 12.3. The molecule has 1 aromatic heterocycles. The normalized spacial score (nSPS) is 23.8. The highest BCUT2D eigenvalue weighted by Crippen LogP contribution is 2.26. The van der Waals surface area contributed by atoms with Gasteiger partial charge in [-0.1, -0.05) is 19.9 Å². The molecule has 2 fully saturated rings. The van der Waals surface area contributed by atoms with E-state index in [0.717, 1.165) is 31.6 Å². The summed E-state index contributed by atoms with van der Waals surface area (Å²) in [7, 11) is -0.313. The van der Waals surface area contributed by atoms with Gasteiger partial charge in [0, 0.05) is 38.0 Å². The van der Waals surface area contributed by atoms with Crippen LogP contribution in [0.5, 0.6) is 0 Å². The smallest absolute Gasteiger partial charge is 0.406 e. The van der Waals surface area contributed by atoms with Gasteiger partial charge in [-0.05, 0) is 30.4 Å². The molecule has 2 aliphatic rings. The Hall–Kier alpha value is -0.905. The van der Waals surface area contributed by atoms with E-state index in [1.54, 1.807) is 0 Å². The van der Waals surface area contributed by atoms with Gasteiger partial charge in [-0.25, -0.2) is 0 Å². The van der Waals surface area contributed by atoms with Gasteiger partial charge in [0.05, 0.1) is 5.59 Å². The number of rotatable bonds is 2. The summed E-state index contributed by atoms with van der Waals surface area (Å²) in [6, 6.07) is 4.19. The van der Waals surface area contributed by atoms with E-state index in [-0.39, 0.29) is 12.5 Å². The third-order valence-corrected chi connectivity index (χ3v) is 3.99. The van der Waals surface area contributed by atoms with E-state index < -0.39 is 0 Å². The maximum atomic E-state index is 5.76. The largest absolute Gasteiger partial charge is 0.513 e. The second-order valence-corrected chi connectivity index (χ2v) is 6.52. The van der Waals surface area contributed by atoms with Crippen molar-refractivity contribution >= 4 is 12.7 Å². The molecule has 0 N–H and O–H groups in total. The fraction of sp³-hybridized carbons (Fsp3) is 0.667. The minimum absolute atomic E-state index is 0.0958. The molecular formula is C15H22BNO3. The van der Waals surface area contributed by atoms with Gasteiger partial charge in [-0.3, -0.25) is 4.98 Å². The molecule has 20 heavy (non-hydrogen) atoms. The minimum atomic E-state index is -0.313. The molecule has 0 spiro atoms. The van der Waals surface area contributed by atoms with E-state index in [2.05, 4.69) is 24.9 Å². The molecular weight excluding hydrogens is 253 g/mol. The Morgan fingerprint density at radius 1 is 1.15 bits per heavy atom. The molecule has 3 rings (SSSR count). The predicted molar refractivity (Wildman–Crippen MR) is 78.1 cm³/mol. The van der Waals surface area contributed by atoms with Gasteiger partial charge in [0.2, 0.25) is 0 Å². The second kappa shape index (κ2) is 5.84. The van der Waals surface area contributed by atoms with Crippen LogP contribution in [0.25, 0.3) is 0 Å². The van der Waals surface area contributed by atoms with Crippen LogP contribution in [0.3, 0.4) is 0 Å². The Morgan fingerprint density at radius 3 is 2.45 bits per heavy atom. The first-order valence-electron chi connectivity index (χ1n) is 7.41. The Kier molecular flexibility index (Phi) is 4.10. The lowest BCUT2D eigenvalue weighted by Crippen LogP contribution is -2.48. The topological polar surface area (TPSA) is 40.6 Å². The lowest BCUT2D eigenvalue weighted by molar-refractivity contribution is 0.0339. The molecule has 1 aromatic rings. The number of ether oxygens (including phenoxy) is 1. The van der Waals surface area contributed by atoms with Crippen molar-refractivity contribution in [1.29, 1.82) is 0 Å². The zero-order valence-electron chi connectivity index (χ0n) is 12.3. The molecule has 0 amide bonds. The summed E-state index contributed by atoms with van der Waals surface area (Å²) in [6.45, 7) is 7.42.